The number of aromatic nitrogens is 1. The van der Waals surface area contributed by atoms with Crippen molar-refractivity contribution in [1.29, 1.82) is 0 Å². The normalized spacial score (nSPS) is 24.0. The van der Waals surface area contributed by atoms with Crippen LogP contribution in [0.15, 0.2) is 18.3 Å². The number of hydrogen-bond donors (Lipinski definition) is 2. The zero-order valence-corrected chi connectivity index (χ0v) is 10.7. The molecule has 1 saturated heterocycles. The molecule has 1 aromatic heterocycles. The molecule has 0 bridgehead atoms. The Kier molecular flexibility index (Phi) is 3.81. The highest BCUT2D eigenvalue weighted by molar-refractivity contribution is 5.93. The number of primary amides is 1. The van der Waals surface area contributed by atoms with Gasteiger partial charge in [-0.1, -0.05) is 6.92 Å². The van der Waals surface area contributed by atoms with Crippen LogP contribution in [0, 0.1) is 5.92 Å². The quantitative estimate of drug-likeness (QED) is 0.826. The van der Waals surface area contributed by atoms with E-state index in [1.165, 1.54) is 6.42 Å². The number of hydrogen-bond acceptors (Lipinski definition) is 4. The van der Waals surface area contributed by atoms with Crippen LogP contribution in [0.4, 0.5) is 5.82 Å². The van der Waals surface area contributed by atoms with E-state index in [4.69, 9.17) is 11.5 Å². The molecule has 1 aliphatic rings. The fourth-order valence-corrected chi connectivity index (χ4v) is 2.62. The minimum atomic E-state index is -0.423. The maximum atomic E-state index is 11.2. The Hall–Kier alpha value is -1.62. The van der Waals surface area contributed by atoms with E-state index < -0.39 is 5.91 Å². The molecule has 2 rings (SSSR count). The van der Waals surface area contributed by atoms with Crippen molar-refractivity contribution in [2.75, 3.05) is 18.0 Å². The smallest absolute Gasteiger partial charge is 0.248 e. The molecule has 1 fully saturated rings. The minimum Gasteiger partial charge on any atom is -0.366 e. The molecule has 5 nitrogen and oxygen atoms in total. The van der Waals surface area contributed by atoms with Gasteiger partial charge >= 0.3 is 0 Å². The first-order valence-electron chi connectivity index (χ1n) is 6.36. The summed E-state index contributed by atoms with van der Waals surface area (Å²) >= 11 is 0. The molecule has 5 heteroatoms. The SMILES string of the molecule is CC1CCCN(c2cc(C(N)=O)ccn2)C1CN. The third kappa shape index (κ3) is 2.46. The van der Waals surface area contributed by atoms with Gasteiger partial charge in [0, 0.05) is 30.9 Å². The van der Waals surface area contributed by atoms with Crippen LogP contribution in [-0.4, -0.2) is 30.0 Å². The summed E-state index contributed by atoms with van der Waals surface area (Å²) in [4.78, 5) is 17.7. The number of carbonyl (C=O) groups excluding carboxylic acids is 1. The van der Waals surface area contributed by atoms with E-state index in [-0.39, 0.29) is 6.04 Å². The zero-order valence-electron chi connectivity index (χ0n) is 10.7. The zero-order chi connectivity index (χ0) is 13.1. The first-order valence-corrected chi connectivity index (χ1v) is 6.36. The van der Waals surface area contributed by atoms with Gasteiger partial charge in [-0.2, -0.15) is 0 Å². The summed E-state index contributed by atoms with van der Waals surface area (Å²) in [6.07, 6.45) is 3.94. The standard InChI is InChI=1S/C13H20N4O/c1-9-3-2-6-17(11(9)8-14)12-7-10(13(15)18)4-5-16-12/h4-5,7,9,11H,2-3,6,8,14H2,1H3,(H2,15,18). The van der Waals surface area contributed by atoms with Crippen molar-refractivity contribution in [2.45, 2.75) is 25.8 Å². The maximum Gasteiger partial charge on any atom is 0.248 e. The first-order chi connectivity index (χ1) is 8.63. The van der Waals surface area contributed by atoms with Gasteiger partial charge in [0.1, 0.15) is 5.82 Å². The van der Waals surface area contributed by atoms with Crippen molar-refractivity contribution >= 4 is 11.7 Å². The van der Waals surface area contributed by atoms with E-state index in [0.717, 1.165) is 18.8 Å². The largest absolute Gasteiger partial charge is 0.366 e. The van der Waals surface area contributed by atoms with Gasteiger partial charge in [0.15, 0.2) is 0 Å². The topological polar surface area (TPSA) is 85.2 Å². The van der Waals surface area contributed by atoms with Crippen molar-refractivity contribution in [1.82, 2.24) is 4.98 Å². The van der Waals surface area contributed by atoms with Crippen LogP contribution in [0.3, 0.4) is 0 Å². The van der Waals surface area contributed by atoms with Gasteiger partial charge in [-0.25, -0.2) is 4.98 Å². The molecule has 2 heterocycles. The van der Waals surface area contributed by atoms with Gasteiger partial charge in [0.05, 0.1) is 0 Å². The summed E-state index contributed by atoms with van der Waals surface area (Å²) in [5.74, 6) is 0.920. The van der Waals surface area contributed by atoms with Crippen LogP contribution in [0.1, 0.15) is 30.1 Å². The number of carbonyl (C=O) groups is 1. The van der Waals surface area contributed by atoms with Crippen LogP contribution in [-0.2, 0) is 0 Å². The molecule has 4 N–H and O–H groups in total. The van der Waals surface area contributed by atoms with Crippen LogP contribution in [0.2, 0.25) is 0 Å². The summed E-state index contributed by atoms with van der Waals surface area (Å²) in [6, 6.07) is 3.68. The second-order valence-electron chi connectivity index (χ2n) is 4.88. The third-order valence-corrected chi connectivity index (χ3v) is 3.68. The highest BCUT2D eigenvalue weighted by Gasteiger charge is 2.28. The lowest BCUT2D eigenvalue weighted by Crippen LogP contribution is -2.49. The minimum absolute atomic E-state index is 0.286. The summed E-state index contributed by atoms with van der Waals surface area (Å²) in [5.41, 5.74) is 11.6. The van der Waals surface area contributed by atoms with Crippen molar-refractivity contribution < 1.29 is 4.79 Å². The second-order valence-corrected chi connectivity index (χ2v) is 4.88. The highest BCUT2D eigenvalue weighted by atomic mass is 16.1. The van der Waals surface area contributed by atoms with Crippen molar-refractivity contribution in [3.63, 3.8) is 0 Å². The van der Waals surface area contributed by atoms with Gasteiger partial charge in [0.25, 0.3) is 0 Å². The summed E-state index contributed by atoms with van der Waals surface area (Å²) in [5, 5.41) is 0. The molecule has 0 spiro atoms. The first kappa shape index (κ1) is 12.8. The second kappa shape index (κ2) is 5.35. The van der Waals surface area contributed by atoms with Gasteiger partial charge in [-0.3, -0.25) is 4.79 Å². The number of piperidine rings is 1. The average molecular weight is 248 g/mol. The molecular formula is C13H20N4O. The Labute approximate surface area is 107 Å². The Morgan fingerprint density at radius 1 is 1.61 bits per heavy atom. The molecule has 2 atom stereocenters. The molecule has 1 amide bonds. The Bertz CT molecular complexity index is 435. The van der Waals surface area contributed by atoms with Crippen LogP contribution >= 0.6 is 0 Å². The van der Waals surface area contributed by atoms with Crippen molar-refractivity contribution in [2.24, 2.45) is 17.4 Å². The lowest BCUT2D eigenvalue weighted by Gasteiger charge is -2.40. The fraction of sp³-hybridized carbons (Fsp3) is 0.538. The van der Waals surface area contributed by atoms with Gasteiger partial charge in [-0.05, 0) is 30.9 Å². The average Bonchev–Trinajstić information content (AvgIpc) is 2.38. The number of amides is 1. The van der Waals surface area contributed by atoms with Gasteiger partial charge in [-0.15, -0.1) is 0 Å². The summed E-state index contributed by atoms with van der Waals surface area (Å²) < 4.78 is 0. The maximum absolute atomic E-state index is 11.2. The summed E-state index contributed by atoms with van der Waals surface area (Å²) in [6.45, 7) is 3.74. The Morgan fingerprint density at radius 2 is 2.39 bits per heavy atom. The van der Waals surface area contributed by atoms with Crippen molar-refractivity contribution in [3.8, 4) is 0 Å². The molecule has 0 aromatic carbocycles. The Balaban J connectivity index is 2.28. The fourth-order valence-electron chi connectivity index (χ4n) is 2.62. The summed E-state index contributed by atoms with van der Waals surface area (Å²) in [7, 11) is 0. The number of nitrogens with zero attached hydrogens (tertiary/aromatic N) is 2. The molecule has 1 aromatic rings. The molecule has 0 aliphatic carbocycles. The molecule has 98 valence electrons. The highest BCUT2D eigenvalue weighted by Crippen LogP contribution is 2.27. The van der Waals surface area contributed by atoms with Gasteiger partial charge < -0.3 is 16.4 Å². The number of nitrogens with two attached hydrogens (primary N) is 2. The molecule has 2 unspecified atom stereocenters. The van der Waals surface area contributed by atoms with E-state index in [2.05, 4.69) is 16.8 Å². The molecule has 18 heavy (non-hydrogen) atoms. The van der Waals surface area contributed by atoms with E-state index in [9.17, 15) is 4.79 Å². The van der Waals surface area contributed by atoms with Crippen LogP contribution < -0.4 is 16.4 Å². The number of pyridine rings is 1. The molecule has 1 aliphatic heterocycles. The molecular weight excluding hydrogens is 228 g/mol. The van der Waals surface area contributed by atoms with E-state index in [0.29, 0.717) is 18.0 Å². The predicted molar refractivity (Wildman–Crippen MR) is 71.3 cm³/mol. The van der Waals surface area contributed by atoms with Crippen LogP contribution in [0.5, 0.6) is 0 Å². The van der Waals surface area contributed by atoms with E-state index >= 15 is 0 Å². The third-order valence-electron chi connectivity index (χ3n) is 3.68. The van der Waals surface area contributed by atoms with Crippen molar-refractivity contribution in [3.05, 3.63) is 23.9 Å². The van der Waals surface area contributed by atoms with Gasteiger partial charge in [0.2, 0.25) is 5.91 Å². The van der Waals surface area contributed by atoms with Crippen LogP contribution in [0.25, 0.3) is 0 Å². The molecule has 0 radical (unpaired) electrons. The number of rotatable bonds is 3. The Morgan fingerprint density at radius 3 is 3.06 bits per heavy atom. The monoisotopic (exact) mass is 248 g/mol. The van der Waals surface area contributed by atoms with E-state index in [1.807, 2.05) is 0 Å². The lowest BCUT2D eigenvalue weighted by molar-refractivity contribution is 0.1000. The molecule has 0 saturated carbocycles. The lowest BCUT2D eigenvalue weighted by atomic mass is 9.91. The van der Waals surface area contributed by atoms with E-state index in [1.54, 1.807) is 18.3 Å². The predicted octanol–water partition coefficient (Wildman–Crippen LogP) is 0.744. The number of anilines is 1.